The molecule has 6 heteroatoms. The van der Waals surface area contributed by atoms with Gasteiger partial charge < -0.3 is 18.9 Å². The number of methoxy groups -OCH3 is 3. The molecule has 0 N–H and O–H groups in total. The summed E-state index contributed by atoms with van der Waals surface area (Å²) in [6.45, 7) is 1.24. The Kier molecular flexibility index (Phi) is 5.83. The summed E-state index contributed by atoms with van der Waals surface area (Å²) >= 11 is 0. The number of carbonyl (C=O) groups excluding carboxylic acids is 2. The van der Waals surface area contributed by atoms with Crippen LogP contribution in [0.2, 0.25) is 0 Å². The molecule has 1 aromatic carbocycles. The van der Waals surface area contributed by atoms with Crippen LogP contribution in [0.3, 0.4) is 0 Å². The Morgan fingerprint density at radius 3 is 2.25 bits per heavy atom. The van der Waals surface area contributed by atoms with Crippen molar-refractivity contribution in [2.24, 2.45) is 0 Å². The lowest BCUT2D eigenvalue weighted by Crippen LogP contribution is -2.29. The number of benzene rings is 1. The minimum atomic E-state index is -0.976. The topological polar surface area (TPSA) is 71.1 Å². The molecule has 110 valence electrons. The van der Waals surface area contributed by atoms with E-state index < -0.39 is 18.0 Å². The van der Waals surface area contributed by atoms with Crippen LogP contribution < -0.4 is 9.47 Å². The predicted molar refractivity (Wildman–Crippen MR) is 70.8 cm³/mol. The lowest BCUT2D eigenvalue weighted by Gasteiger charge is -2.15. The fourth-order valence-corrected chi connectivity index (χ4v) is 1.73. The van der Waals surface area contributed by atoms with Crippen molar-refractivity contribution in [3.05, 3.63) is 23.8 Å². The highest BCUT2D eigenvalue weighted by molar-refractivity contribution is 5.78. The maximum Gasteiger partial charge on any atom is 0.347 e. The van der Waals surface area contributed by atoms with Crippen molar-refractivity contribution >= 4 is 11.9 Å². The van der Waals surface area contributed by atoms with Crippen molar-refractivity contribution in [2.75, 3.05) is 21.3 Å². The first-order valence-electron chi connectivity index (χ1n) is 5.97. The van der Waals surface area contributed by atoms with E-state index in [0.29, 0.717) is 11.5 Å². The third-order valence-electron chi connectivity index (χ3n) is 2.64. The van der Waals surface area contributed by atoms with Gasteiger partial charge in [0.1, 0.15) is 0 Å². The van der Waals surface area contributed by atoms with Gasteiger partial charge in [0.25, 0.3) is 0 Å². The zero-order valence-corrected chi connectivity index (χ0v) is 12.0. The molecule has 1 aromatic rings. The highest BCUT2D eigenvalue weighted by Gasteiger charge is 2.23. The van der Waals surface area contributed by atoms with Gasteiger partial charge in [-0.1, -0.05) is 6.07 Å². The minimum absolute atomic E-state index is 0.201. The predicted octanol–water partition coefficient (Wildman–Crippen LogP) is 1.35. The molecular weight excluding hydrogens is 264 g/mol. The van der Waals surface area contributed by atoms with E-state index in [-0.39, 0.29) is 6.42 Å². The number of hydrogen-bond donors (Lipinski definition) is 0. The standard InChI is InChI=1S/C14H18O6/c1-9(15)20-13(14(16)19-4)8-10-5-6-11(17-2)12(7-10)18-3/h5-7,13H,8H2,1-4H3/t13-/m0/s1. The molecule has 0 radical (unpaired) electrons. The number of hydrogen-bond acceptors (Lipinski definition) is 6. The minimum Gasteiger partial charge on any atom is -0.493 e. The highest BCUT2D eigenvalue weighted by atomic mass is 16.6. The molecule has 0 fully saturated rings. The second kappa shape index (κ2) is 7.37. The Bertz CT molecular complexity index is 483. The molecule has 0 aromatic heterocycles. The van der Waals surface area contributed by atoms with E-state index >= 15 is 0 Å². The summed E-state index contributed by atoms with van der Waals surface area (Å²) in [6, 6.07) is 5.20. The van der Waals surface area contributed by atoms with Crippen LogP contribution in [0.4, 0.5) is 0 Å². The fraction of sp³-hybridized carbons (Fsp3) is 0.429. The smallest absolute Gasteiger partial charge is 0.347 e. The molecule has 0 heterocycles. The van der Waals surface area contributed by atoms with Crippen molar-refractivity contribution in [2.45, 2.75) is 19.4 Å². The van der Waals surface area contributed by atoms with Crippen LogP contribution in [0.25, 0.3) is 0 Å². The van der Waals surface area contributed by atoms with Crippen molar-refractivity contribution in [1.82, 2.24) is 0 Å². The van der Waals surface area contributed by atoms with Crippen LogP contribution in [0.5, 0.6) is 11.5 Å². The summed E-state index contributed by atoms with van der Waals surface area (Å²) in [7, 11) is 4.30. The van der Waals surface area contributed by atoms with Gasteiger partial charge in [-0.15, -0.1) is 0 Å². The molecule has 0 saturated carbocycles. The Morgan fingerprint density at radius 1 is 1.10 bits per heavy atom. The second-order valence-corrected chi connectivity index (χ2v) is 4.01. The average Bonchev–Trinajstić information content (AvgIpc) is 2.45. The zero-order chi connectivity index (χ0) is 15.1. The lowest BCUT2D eigenvalue weighted by molar-refractivity contribution is -0.164. The molecule has 0 bridgehead atoms. The third-order valence-corrected chi connectivity index (χ3v) is 2.64. The van der Waals surface area contributed by atoms with Crippen LogP contribution in [0.1, 0.15) is 12.5 Å². The summed E-state index contributed by atoms with van der Waals surface area (Å²) in [4.78, 5) is 22.6. The zero-order valence-electron chi connectivity index (χ0n) is 12.0. The molecular formula is C14H18O6. The van der Waals surface area contributed by atoms with Crippen molar-refractivity contribution in [3.8, 4) is 11.5 Å². The van der Waals surface area contributed by atoms with Crippen molar-refractivity contribution in [1.29, 1.82) is 0 Å². The van der Waals surface area contributed by atoms with E-state index in [4.69, 9.17) is 14.2 Å². The second-order valence-electron chi connectivity index (χ2n) is 4.01. The van der Waals surface area contributed by atoms with E-state index in [9.17, 15) is 9.59 Å². The normalized spacial score (nSPS) is 11.4. The van der Waals surface area contributed by atoms with Gasteiger partial charge in [0, 0.05) is 13.3 Å². The number of esters is 2. The first-order chi connectivity index (χ1) is 9.51. The monoisotopic (exact) mass is 282 g/mol. The molecule has 0 aliphatic carbocycles. The third kappa shape index (κ3) is 4.15. The van der Waals surface area contributed by atoms with Gasteiger partial charge in [0.15, 0.2) is 11.5 Å². The molecule has 1 rings (SSSR count). The first kappa shape index (κ1) is 15.8. The van der Waals surface area contributed by atoms with Crippen molar-refractivity contribution < 1.29 is 28.5 Å². The van der Waals surface area contributed by atoms with Crippen LogP contribution in [0, 0.1) is 0 Å². The number of ether oxygens (including phenoxy) is 4. The van der Waals surface area contributed by atoms with Gasteiger partial charge in [-0.3, -0.25) is 4.79 Å². The molecule has 0 amide bonds. The Hall–Kier alpha value is -2.24. The quantitative estimate of drug-likeness (QED) is 0.733. The van der Waals surface area contributed by atoms with Crippen LogP contribution >= 0.6 is 0 Å². The Morgan fingerprint density at radius 2 is 1.75 bits per heavy atom. The Balaban J connectivity index is 2.93. The van der Waals surface area contributed by atoms with Gasteiger partial charge in [-0.2, -0.15) is 0 Å². The van der Waals surface area contributed by atoms with Crippen LogP contribution in [0.15, 0.2) is 18.2 Å². The molecule has 20 heavy (non-hydrogen) atoms. The number of rotatable bonds is 6. The molecule has 0 aliphatic heterocycles. The number of carbonyl (C=O) groups is 2. The lowest BCUT2D eigenvalue weighted by atomic mass is 10.1. The average molecular weight is 282 g/mol. The summed E-state index contributed by atoms with van der Waals surface area (Å²) < 4.78 is 19.9. The van der Waals surface area contributed by atoms with Gasteiger partial charge in [-0.05, 0) is 17.7 Å². The van der Waals surface area contributed by atoms with Gasteiger partial charge in [0.2, 0.25) is 6.10 Å². The maximum absolute atomic E-state index is 11.6. The van der Waals surface area contributed by atoms with E-state index in [0.717, 1.165) is 5.56 Å². The molecule has 0 aliphatic rings. The molecule has 6 nitrogen and oxygen atoms in total. The molecule has 0 spiro atoms. The van der Waals surface area contributed by atoms with Gasteiger partial charge in [0.05, 0.1) is 21.3 Å². The van der Waals surface area contributed by atoms with E-state index in [2.05, 4.69) is 4.74 Å². The van der Waals surface area contributed by atoms with Crippen LogP contribution in [-0.4, -0.2) is 39.4 Å². The summed E-state index contributed by atoms with van der Waals surface area (Å²) in [5, 5.41) is 0. The Labute approximate surface area is 117 Å². The summed E-state index contributed by atoms with van der Waals surface area (Å²) in [5.74, 6) is -0.0225. The van der Waals surface area contributed by atoms with Crippen LogP contribution in [-0.2, 0) is 25.5 Å². The maximum atomic E-state index is 11.6. The summed E-state index contributed by atoms with van der Waals surface area (Å²) in [6.07, 6.45) is -0.775. The van der Waals surface area contributed by atoms with E-state index in [1.54, 1.807) is 18.2 Å². The summed E-state index contributed by atoms with van der Waals surface area (Å²) in [5.41, 5.74) is 0.763. The first-order valence-corrected chi connectivity index (χ1v) is 5.97. The van der Waals surface area contributed by atoms with Gasteiger partial charge in [-0.25, -0.2) is 4.79 Å². The highest BCUT2D eigenvalue weighted by Crippen LogP contribution is 2.28. The fourth-order valence-electron chi connectivity index (χ4n) is 1.73. The SMILES string of the molecule is COC(=O)[C@H](Cc1ccc(OC)c(OC)c1)OC(C)=O. The molecule has 1 atom stereocenters. The molecule has 0 saturated heterocycles. The van der Waals surface area contributed by atoms with E-state index in [1.807, 2.05) is 0 Å². The largest absolute Gasteiger partial charge is 0.493 e. The van der Waals surface area contributed by atoms with E-state index in [1.165, 1.54) is 28.3 Å². The molecule has 0 unspecified atom stereocenters. The van der Waals surface area contributed by atoms with Crippen molar-refractivity contribution in [3.63, 3.8) is 0 Å². The van der Waals surface area contributed by atoms with Gasteiger partial charge >= 0.3 is 11.9 Å².